The zero-order chi connectivity index (χ0) is 20.2. The van der Waals surface area contributed by atoms with Crippen molar-refractivity contribution in [1.29, 1.82) is 0 Å². The van der Waals surface area contributed by atoms with Crippen LogP contribution in [0.25, 0.3) is 0 Å². The molecule has 0 saturated heterocycles. The molecule has 0 unspecified atom stereocenters. The van der Waals surface area contributed by atoms with Crippen LogP contribution in [0, 0.1) is 0 Å². The second-order valence-corrected chi connectivity index (χ2v) is 10.1. The van der Waals surface area contributed by atoms with Crippen molar-refractivity contribution in [3.63, 3.8) is 0 Å². The van der Waals surface area contributed by atoms with Crippen LogP contribution in [0.1, 0.15) is 0 Å². The Morgan fingerprint density at radius 2 is 1.50 bits per heavy atom. The van der Waals surface area contributed by atoms with Gasteiger partial charge in [-0.25, -0.2) is 31.5 Å². The second kappa shape index (κ2) is 8.27. The van der Waals surface area contributed by atoms with Gasteiger partial charge in [0.25, 0.3) is 10.0 Å². The molecule has 0 saturated carbocycles. The predicted molar refractivity (Wildman–Crippen MR) is 106 cm³/mol. The van der Waals surface area contributed by atoms with Crippen LogP contribution in [-0.2, 0) is 20.0 Å². The first-order valence-corrected chi connectivity index (χ1v) is 11.7. The average molecular weight is 437 g/mol. The maximum Gasteiger partial charge on any atom is 0.261 e. The fourth-order valence-electron chi connectivity index (χ4n) is 2.18. The van der Waals surface area contributed by atoms with Gasteiger partial charge in [-0.1, -0.05) is 23.9 Å². The molecule has 28 heavy (non-hydrogen) atoms. The van der Waals surface area contributed by atoms with Gasteiger partial charge in [0, 0.05) is 12.4 Å². The Bertz CT molecular complexity index is 1180. The topological polar surface area (TPSA) is 118 Å². The highest BCUT2D eigenvalue weighted by Crippen LogP contribution is 2.26. The lowest BCUT2D eigenvalue weighted by molar-refractivity contribution is 0.588. The Balaban J connectivity index is 1.85. The molecule has 2 N–H and O–H groups in total. The van der Waals surface area contributed by atoms with Gasteiger partial charge in [-0.2, -0.15) is 0 Å². The highest BCUT2D eigenvalue weighted by molar-refractivity contribution is 7.99. The maximum absolute atomic E-state index is 12.7. The van der Waals surface area contributed by atoms with Gasteiger partial charge in [0.15, 0.2) is 0 Å². The van der Waals surface area contributed by atoms with E-state index in [2.05, 4.69) is 19.4 Å². The third kappa shape index (κ3) is 4.87. The van der Waals surface area contributed by atoms with Crippen LogP contribution in [0.2, 0.25) is 0 Å². The molecule has 0 atom stereocenters. The summed E-state index contributed by atoms with van der Waals surface area (Å²) in [5.41, 5.74) is 0.301. The molecule has 3 rings (SSSR count). The van der Waals surface area contributed by atoms with Crippen molar-refractivity contribution in [3.05, 3.63) is 67.0 Å². The highest BCUT2D eigenvalue weighted by atomic mass is 32.2. The molecular weight excluding hydrogens is 420 g/mol. The number of nitrogens with one attached hydrogen (secondary N) is 2. The number of nitrogens with zero attached hydrogens (tertiary/aromatic N) is 2. The van der Waals surface area contributed by atoms with E-state index >= 15 is 0 Å². The first-order chi connectivity index (χ1) is 13.3. The summed E-state index contributed by atoms with van der Waals surface area (Å²) in [5.74, 6) is 0. The van der Waals surface area contributed by atoms with E-state index in [4.69, 9.17) is 0 Å². The van der Waals surface area contributed by atoms with Crippen molar-refractivity contribution in [2.75, 3.05) is 11.8 Å². The summed E-state index contributed by atoms with van der Waals surface area (Å²) in [6.45, 7) is 0. The van der Waals surface area contributed by atoms with Crippen molar-refractivity contribution in [1.82, 2.24) is 14.7 Å². The van der Waals surface area contributed by atoms with Crippen LogP contribution in [0.3, 0.4) is 0 Å². The normalized spacial score (nSPS) is 11.9. The van der Waals surface area contributed by atoms with Crippen LogP contribution in [0.5, 0.6) is 0 Å². The molecule has 3 aromatic rings. The van der Waals surface area contributed by atoms with Crippen LogP contribution >= 0.6 is 11.8 Å². The zero-order valence-electron chi connectivity index (χ0n) is 14.6. The number of benzene rings is 1. The third-order valence-corrected chi connectivity index (χ3v) is 7.20. The Morgan fingerprint density at radius 1 is 0.786 bits per heavy atom. The monoisotopic (exact) mass is 436 g/mol. The molecule has 11 heteroatoms. The summed E-state index contributed by atoms with van der Waals surface area (Å²) in [7, 11) is -6.49. The molecule has 0 radical (unpaired) electrons. The van der Waals surface area contributed by atoms with Crippen LogP contribution in [-0.4, -0.2) is 33.9 Å². The van der Waals surface area contributed by atoms with E-state index < -0.39 is 20.0 Å². The van der Waals surface area contributed by atoms with Gasteiger partial charge < -0.3 is 0 Å². The van der Waals surface area contributed by atoms with Crippen molar-refractivity contribution in [2.24, 2.45) is 0 Å². The third-order valence-electron chi connectivity index (χ3n) is 3.53. The van der Waals surface area contributed by atoms with Crippen molar-refractivity contribution in [3.8, 4) is 0 Å². The Labute approximate surface area is 167 Å². The molecule has 0 amide bonds. The summed E-state index contributed by atoms with van der Waals surface area (Å²) in [5, 5.41) is 1.28. The Hall–Kier alpha value is -2.47. The number of anilines is 1. The Morgan fingerprint density at radius 3 is 2.18 bits per heavy atom. The highest BCUT2D eigenvalue weighted by Gasteiger charge is 2.19. The van der Waals surface area contributed by atoms with E-state index in [-0.39, 0.29) is 9.79 Å². The molecule has 0 aliphatic heterocycles. The van der Waals surface area contributed by atoms with Crippen molar-refractivity contribution >= 4 is 37.5 Å². The summed E-state index contributed by atoms with van der Waals surface area (Å²) in [6.07, 6.45) is 3.13. The first-order valence-electron chi connectivity index (χ1n) is 7.91. The van der Waals surface area contributed by atoms with E-state index in [1.807, 2.05) is 12.1 Å². The van der Waals surface area contributed by atoms with Gasteiger partial charge in [-0.15, -0.1) is 0 Å². The molecule has 2 aromatic heterocycles. The number of rotatable bonds is 7. The molecule has 146 valence electrons. The van der Waals surface area contributed by atoms with Gasteiger partial charge >= 0.3 is 0 Å². The van der Waals surface area contributed by atoms with Crippen molar-refractivity contribution < 1.29 is 16.8 Å². The Kier molecular flexibility index (Phi) is 5.98. The lowest BCUT2D eigenvalue weighted by atomic mass is 10.4. The summed E-state index contributed by atoms with van der Waals surface area (Å²) < 4.78 is 53.8. The zero-order valence-corrected chi connectivity index (χ0v) is 17.1. The number of pyridine rings is 2. The molecule has 8 nitrogen and oxygen atoms in total. The molecule has 0 aliphatic carbocycles. The molecule has 0 aliphatic rings. The molecule has 2 heterocycles. The van der Waals surface area contributed by atoms with E-state index in [0.29, 0.717) is 10.7 Å². The minimum absolute atomic E-state index is 0.140. The molecule has 0 bridgehead atoms. The van der Waals surface area contributed by atoms with Crippen LogP contribution in [0.15, 0.2) is 86.8 Å². The van der Waals surface area contributed by atoms with Gasteiger partial charge in [0.1, 0.15) is 10.1 Å². The maximum atomic E-state index is 12.7. The summed E-state index contributed by atoms with van der Waals surface area (Å²) in [6, 6.07) is 13.6. The van der Waals surface area contributed by atoms with E-state index in [0.717, 1.165) is 11.1 Å². The van der Waals surface area contributed by atoms with Gasteiger partial charge in [0.2, 0.25) is 10.0 Å². The van der Waals surface area contributed by atoms with E-state index in [1.54, 1.807) is 18.3 Å². The first kappa shape index (κ1) is 20.3. The lowest BCUT2D eigenvalue weighted by Gasteiger charge is -2.10. The summed E-state index contributed by atoms with van der Waals surface area (Å²) >= 11 is 1.29. The van der Waals surface area contributed by atoms with Gasteiger partial charge in [-0.3, -0.25) is 4.72 Å². The largest absolute Gasteiger partial charge is 0.279 e. The average Bonchev–Trinajstić information content (AvgIpc) is 2.69. The van der Waals surface area contributed by atoms with E-state index in [9.17, 15) is 16.8 Å². The number of aromatic nitrogens is 2. The van der Waals surface area contributed by atoms with Crippen LogP contribution < -0.4 is 9.44 Å². The van der Waals surface area contributed by atoms with E-state index in [1.165, 1.54) is 49.3 Å². The number of sulfonamides is 2. The fraction of sp³-hybridized carbons (Fsp3) is 0.0588. The molecule has 0 spiro atoms. The summed E-state index contributed by atoms with van der Waals surface area (Å²) in [4.78, 5) is 8.08. The SMILES string of the molecule is CNS(=O)(=O)c1cccc(S(=O)(=O)Nc2ccnc(Sc3ccccn3)c2)c1. The standard InChI is InChI=1S/C17H16N4O4S3/c1-18-27(22,23)14-5-4-6-15(12-14)28(24,25)21-13-8-10-20-17(11-13)26-16-7-2-3-9-19-16/h2-12,18H,1H3,(H,20,21). The van der Waals surface area contributed by atoms with Gasteiger partial charge in [0.05, 0.1) is 15.5 Å². The quantitative estimate of drug-likeness (QED) is 0.583. The fourth-order valence-corrected chi connectivity index (χ4v) is 4.90. The lowest BCUT2D eigenvalue weighted by Crippen LogP contribution is -2.19. The minimum Gasteiger partial charge on any atom is -0.279 e. The van der Waals surface area contributed by atoms with Gasteiger partial charge in [-0.05, 0) is 49.5 Å². The number of hydrogen-bond acceptors (Lipinski definition) is 7. The molecule has 0 fully saturated rings. The number of hydrogen-bond donors (Lipinski definition) is 2. The smallest absolute Gasteiger partial charge is 0.261 e. The minimum atomic E-state index is -3.99. The molecular formula is C17H16N4O4S3. The van der Waals surface area contributed by atoms with Crippen LogP contribution in [0.4, 0.5) is 5.69 Å². The predicted octanol–water partition coefficient (Wildman–Crippen LogP) is 2.34. The molecule has 1 aromatic carbocycles. The van der Waals surface area contributed by atoms with Crippen molar-refractivity contribution in [2.45, 2.75) is 19.8 Å². The second-order valence-electron chi connectivity index (χ2n) is 5.44.